The third-order valence-corrected chi connectivity index (χ3v) is 7.25. The summed E-state index contributed by atoms with van der Waals surface area (Å²) in [7, 11) is 0. The van der Waals surface area contributed by atoms with Gasteiger partial charge in [0.25, 0.3) is 0 Å². The van der Waals surface area contributed by atoms with E-state index in [9.17, 15) is 15.0 Å². The number of aliphatic hydroxyl groups excluding tert-OH is 1. The van der Waals surface area contributed by atoms with Crippen molar-refractivity contribution in [2.75, 3.05) is 5.32 Å². The van der Waals surface area contributed by atoms with Crippen LogP contribution in [0.25, 0.3) is 0 Å². The molecule has 2 aliphatic rings. The maximum atomic E-state index is 12.4. The summed E-state index contributed by atoms with van der Waals surface area (Å²) in [6.45, 7) is 6.53. The van der Waals surface area contributed by atoms with Crippen molar-refractivity contribution in [1.82, 2.24) is 0 Å². The quantitative estimate of drug-likeness (QED) is 0.686. The Bertz CT molecular complexity index is 668. The lowest BCUT2D eigenvalue weighted by atomic mass is 9.70. The number of hydrogen-bond donors (Lipinski definition) is 3. The van der Waals surface area contributed by atoms with E-state index in [0.29, 0.717) is 11.6 Å². The Labute approximate surface area is 152 Å². The van der Waals surface area contributed by atoms with E-state index in [1.165, 1.54) is 12.1 Å². The molecule has 2 saturated carbocycles. The second kappa shape index (κ2) is 5.79. The molecule has 6 heteroatoms. The molecule has 0 radical (unpaired) electrons. The molecule has 3 N–H and O–H groups in total. The molecule has 2 fully saturated rings. The molecule has 0 spiro atoms. The first-order chi connectivity index (χ1) is 11.1. The molecule has 4 nitrogen and oxygen atoms in total. The topological polar surface area (TPSA) is 69.6 Å². The summed E-state index contributed by atoms with van der Waals surface area (Å²) in [6, 6.07) is 2.92. The molecule has 4 unspecified atom stereocenters. The van der Waals surface area contributed by atoms with Gasteiger partial charge in [-0.2, -0.15) is 0 Å². The van der Waals surface area contributed by atoms with Gasteiger partial charge in [0.15, 0.2) is 5.75 Å². The first-order valence-electron chi connectivity index (χ1n) is 8.24. The third-order valence-electron chi connectivity index (χ3n) is 6.67. The number of phenolic OH excluding ortho intramolecular Hbond substituents is 1. The summed E-state index contributed by atoms with van der Waals surface area (Å²) in [5, 5.41) is 23.3. The van der Waals surface area contributed by atoms with Crippen LogP contribution in [0.2, 0.25) is 10.0 Å². The lowest BCUT2D eigenvalue weighted by Crippen LogP contribution is -2.38. The summed E-state index contributed by atoms with van der Waals surface area (Å²) in [5.41, 5.74) is 0.340. The molecule has 3 rings (SSSR count). The molecule has 2 bridgehead atoms. The van der Waals surface area contributed by atoms with Crippen LogP contribution < -0.4 is 5.32 Å². The van der Waals surface area contributed by atoms with Crippen molar-refractivity contribution in [3.05, 3.63) is 22.2 Å². The number of rotatable bonds is 3. The Morgan fingerprint density at radius 1 is 1.29 bits per heavy atom. The zero-order valence-corrected chi connectivity index (χ0v) is 15.6. The van der Waals surface area contributed by atoms with Crippen LogP contribution in [0.4, 0.5) is 5.69 Å². The molecule has 0 aliphatic heterocycles. The maximum absolute atomic E-state index is 12.4. The average Bonchev–Trinajstić information content (AvgIpc) is 2.79. The highest BCUT2D eigenvalue weighted by atomic mass is 35.5. The minimum atomic E-state index is -0.469. The monoisotopic (exact) mass is 371 g/mol. The SMILES string of the molecule is CC1(C)C2CCC1(C)C(O)C2CC(=O)Nc1cc(Cl)c(O)c(Cl)c1. The number of fused-ring (bicyclic) bond motifs is 2. The van der Waals surface area contributed by atoms with Crippen LogP contribution in [0.5, 0.6) is 5.75 Å². The number of phenols is 1. The van der Waals surface area contributed by atoms with Gasteiger partial charge in [-0.1, -0.05) is 44.0 Å². The van der Waals surface area contributed by atoms with Crippen LogP contribution in [0.3, 0.4) is 0 Å². The molecule has 1 aromatic rings. The number of carbonyl (C=O) groups excluding carboxylic acids is 1. The van der Waals surface area contributed by atoms with Crippen LogP contribution in [-0.4, -0.2) is 22.2 Å². The highest BCUT2D eigenvalue weighted by Crippen LogP contribution is 2.68. The van der Waals surface area contributed by atoms with Crippen molar-refractivity contribution >= 4 is 34.8 Å². The van der Waals surface area contributed by atoms with Gasteiger partial charge in [-0.05, 0) is 47.6 Å². The third kappa shape index (κ3) is 2.51. The van der Waals surface area contributed by atoms with Gasteiger partial charge >= 0.3 is 0 Å². The normalized spacial score (nSPS) is 33.7. The molecule has 1 aromatic carbocycles. The molecule has 1 amide bonds. The van der Waals surface area contributed by atoms with Crippen molar-refractivity contribution in [3.63, 3.8) is 0 Å². The van der Waals surface area contributed by atoms with Gasteiger partial charge in [0.2, 0.25) is 5.91 Å². The second-order valence-corrected chi connectivity index (χ2v) is 8.75. The van der Waals surface area contributed by atoms with Crippen molar-refractivity contribution in [2.24, 2.45) is 22.7 Å². The smallest absolute Gasteiger partial charge is 0.224 e. The summed E-state index contributed by atoms with van der Waals surface area (Å²) < 4.78 is 0. The van der Waals surface area contributed by atoms with Crippen molar-refractivity contribution in [1.29, 1.82) is 0 Å². The van der Waals surface area contributed by atoms with Crippen molar-refractivity contribution in [3.8, 4) is 5.75 Å². The van der Waals surface area contributed by atoms with E-state index < -0.39 is 6.10 Å². The molecule has 24 heavy (non-hydrogen) atoms. The fraction of sp³-hybridized carbons (Fsp3) is 0.611. The number of aliphatic hydroxyl groups is 1. The van der Waals surface area contributed by atoms with Gasteiger partial charge in [0.1, 0.15) is 0 Å². The zero-order valence-electron chi connectivity index (χ0n) is 14.1. The van der Waals surface area contributed by atoms with Gasteiger partial charge in [0, 0.05) is 12.1 Å². The first kappa shape index (κ1) is 17.8. The molecule has 2 aliphatic carbocycles. The summed E-state index contributed by atoms with van der Waals surface area (Å²) in [4.78, 5) is 12.4. The van der Waals surface area contributed by atoms with E-state index in [0.717, 1.165) is 12.8 Å². The van der Waals surface area contributed by atoms with E-state index in [1.54, 1.807) is 0 Å². The predicted molar refractivity (Wildman–Crippen MR) is 95.5 cm³/mol. The van der Waals surface area contributed by atoms with E-state index in [-0.39, 0.29) is 44.9 Å². The number of carbonyl (C=O) groups is 1. The fourth-order valence-corrected chi connectivity index (χ4v) is 5.34. The van der Waals surface area contributed by atoms with Gasteiger partial charge in [-0.15, -0.1) is 0 Å². The Balaban J connectivity index is 1.73. The Morgan fingerprint density at radius 2 is 1.88 bits per heavy atom. The molecule has 0 aromatic heterocycles. The van der Waals surface area contributed by atoms with Gasteiger partial charge in [-0.25, -0.2) is 0 Å². The maximum Gasteiger partial charge on any atom is 0.224 e. The first-order valence-corrected chi connectivity index (χ1v) is 8.99. The van der Waals surface area contributed by atoms with E-state index in [4.69, 9.17) is 23.2 Å². The number of halogens is 2. The number of anilines is 1. The summed E-state index contributed by atoms with van der Waals surface area (Å²) >= 11 is 11.8. The lowest BCUT2D eigenvalue weighted by Gasteiger charge is -2.37. The van der Waals surface area contributed by atoms with Gasteiger partial charge < -0.3 is 15.5 Å². The molecule has 4 atom stereocenters. The van der Waals surface area contributed by atoms with Crippen LogP contribution in [0.15, 0.2) is 12.1 Å². The fourth-order valence-electron chi connectivity index (χ4n) is 4.85. The Morgan fingerprint density at radius 3 is 2.38 bits per heavy atom. The number of hydrogen-bond acceptors (Lipinski definition) is 3. The van der Waals surface area contributed by atoms with Crippen molar-refractivity contribution < 1.29 is 15.0 Å². The van der Waals surface area contributed by atoms with E-state index >= 15 is 0 Å². The van der Waals surface area contributed by atoms with Crippen LogP contribution in [0.1, 0.15) is 40.0 Å². The number of nitrogens with one attached hydrogen (secondary N) is 1. The highest BCUT2D eigenvalue weighted by Gasteiger charge is 2.65. The number of benzene rings is 1. The minimum absolute atomic E-state index is 0.0303. The van der Waals surface area contributed by atoms with Crippen LogP contribution in [-0.2, 0) is 4.79 Å². The average molecular weight is 372 g/mol. The molecule has 132 valence electrons. The summed E-state index contributed by atoms with van der Waals surface area (Å²) in [6.07, 6.45) is 1.85. The highest BCUT2D eigenvalue weighted by molar-refractivity contribution is 6.37. The van der Waals surface area contributed by atoms with E-state index in [2.05, 4.69) is 26.1 Å². The Hall–Kier alpha value is -0.970. The van der Waals surface area contributed by atoms with Crippen LogP contribution in [0, 0.1) is 22.7 Å². The van der Waals surface area contributed by atoms with Gasteiger partial charge in [-0.3, -0.25) is 4.79 Å². The lowest BCUT2D eigenvalue weighted by molar-refractivity contribution is -0.119. The molecular formula is C18H23Cl2NO3. The standard InChI is InChI=1S/C18H23Cl2NO3/c1-17(2)11-4-5-18(17,3)16(24)10(11)8-14(22)21-9-6-12(19)15(23)13(20)7-9/h6-7,10-11,16,23-24H,4-5,8H2,1-3H3,(H,21,22). The predicted octanol–water partition coefficient (Wildman–Crippen LogP) is 4.46. The molecule has 0 heterocycles. The van der Waals surface area contributed by atoms with E-state index in [1.807, 2.05) is 0 Å². The van der Waals surface area contributed by atoms with Crippen LogP contribution >= 0.6 is 23.2 Å². The largest absolute Gasteiger partial charge is 0.505 e. The second-order valence-electron chi connectivity index (χ2n) is 7.93. The zero-order chi connectivity index (χ0) is 17.9. The van der Waals surface area contributed by atoms with Crippen molar-refractivity contribution in [2.45, 2.75) is 46.1 Å². The number of aromatic hydroxyl groups is 1. The Kier molecular flexibility index (Phi) is 4.30. The minimum Gasteiger partial charge on any atom is -0.505 e. The molecular weight excluding hydrogens is 349 g/mol. The molecule has 0 saturated heterocycles. The number of amides is 1. The van der Waals surface area contributed by atoms with Gasteiger partial charge in [0.05, 0.1) is 16.1 Å². The summed E-state index contributed by atoms with van der Waals surface area (Å²) in [5.74, 6) is -0.0737.